The van der Waals surface area contributed by atoms with E-state index in [0.717, 1.165) is 24.3 Å². The van der Waals surface area contributed by atoms with Gasteiger partial charge in [0.15, 0.2) is 5.69 Å². The quantitative estimate of drug-likeness (QED) is 0.680. The molecule has 0 aliphatic rings. The molecule has 0 aliphatic heterocycles. The first-order valence-corrected chi connectivity index (χ1v) is 8.63. The molecule has 2 aromatic rings. The number of nitrogens with one attached hydrogen (secondary N) is 2. The van der Waals surface area contributed by atoms with E-state index in [-0.39, 0.29) is 35.2 Å². The molecule has 150 valence electrons. The van der Waals surface area contributed by atoms with Gasteiger partial charge in [-0.1, -0.05) is 11.6 Å². The van der Waals surface area contributed by atoms with Crippen molar-refractivity contribution in [3.05, 3.63) is 58.2 Å². The molecular weight excluding hydrogens is 399 g/mol. The minimum absolute atomic E-state index is 0.0123. The van der Waals surface area contributed by atoms with Gasteiger partial charge in [0.25, 0.3) is 11.8 Å². The molecule has 0 spiro atoms. The van der Waals surface area contributed by atoms with Gasteiger partial charge in [-0.2, -0.15) is 13.2 Å². The maximum Gasteiger partial charge on any atom is 0.416 e. The number of pyridine rings is 1. The number of amides is 2. The minimum Gasteiger partial charge on any atom is -0.478 e. The van der Waals surface area contributed by atoms with Crippen LogP contribution in [0, 0.1) is 0 Å². The van der Waals surface area contributed by atoms with Crippen molar-refractivity contribution in [1.82, 2.24) is 15.6 Å². The van der Waals surface area contributed by atoms with Crippen molar-refractivity contribution < 1.29 is 27.5 Å². The molecule has 2 rings (SSSR count). The molecule has 0 saturated carbocycles. The number of halogens is 4. The Morgan fingerprint density at radius 3 is 2.21 bits per heavy atom. The van der Waals surface area contributed by atoms with Gasteiger partial charge in [0.05, 0.1) is 17.2 Å². The smallest absolute Gasteiger partial charge is 0.416 e. The lowest BCUT2D eigenvalue weighted by Gasteiger charge is -2.10. The molecule has 0 radical (unpaired) electrons. The fourth-order valence-corrected chi connectivity index (χ4v) is 2.35. The third-order valence-electron chi connectivity index (χ3n) is 3.50. The zero-order valence-electron chi connectivity index (χ0n) is 14.8. The van der Waals surface area contributed by atoms with Crippen LogP contribution in [0.3, 0.4) is 0 Å². The predicted octanol–water partition coefficient (Wildman–Crippen LogP) is 3.31. The summed E-state index contributed by atoms with van der Waals surface area (Å²) in [5, 5.41) is 5.19. The molecule has 0 aliphatic carbocycles. The SMILES string of the molecule is CCOc1ccc(Cl)c(C(=O)NCCNC(=O)c2ccc(C(F)(F)F)cc2)n1. The van der Waals surface area contributed by atoms with Gasteiger partial charge < -0.3 is 15.4 Å². The van der Waals surface area contributed by atoms with Crippen LogP contribution in [0.15, 0.2) is 36.4 Å². The topological polar surface area (TPSA) is 80.3 Å². The largest absolute Gasteiger partial charge is 0.478 e. The predicted molar refractivity (Wildman–Crippen MR) is 96.5 cm³/mol. The first-order valence-electron chi connectivity index (χ1n) is 8.25. The molecule has 0 atom stereocenters. The van der Waals surface area contributed by atoms with Crippen molar-refractivity contribution in [1.29, 1.82) is 0 Å². The Kier molecular flexibility index (Phi) is 7.22. The van der Waals surface area contributed by atoms with Gasteiger partial charge in [0, 0.05) is 24.7 Å². The number of carbonyl (C=O) groups excluding carboxylic acids is 2. The number of carbonyl (C=O) groups is 2. The van der Waals surface area contributed by atoms with E-state index in [4.69, 9.17) is 16.3 Å². The third kappa shape index (κ3) is 5.85. The van der Waals surface area contributed by atoms with Gasteiger partial charge in [-0.25, -0.2) is 4.98 Å². The summed E-state index contributed by atoms with van der Waals surface area (Å²) < 4.78 is 42.8. The molecule has 2 amide bonds. The van der Waals surface area contributed by atoms with Crippen LogP contribution in [0.25, 0.3) is 0 Å². The lowest BCUT2D eigenvalue weighted by atomic mass is 10.1. The number of nitrogens with zero attached hydrogens (tertiary/aromatic N) is 1. The molecule has 0 fully saturated rings. The van der Waals surface area contributed by atoms with Crippen molar-refractivity contribution >= 4 is 23.4 Å². The van der Waals surface area contributed by atoms with Crippen LogP contribution in [-0.4, -0.2) is 36.5 Å². The first-order chi connectivity index (χ1) is 13.2. The molecule has 1 heterocycles. The van der Waals surface area contributed by atoms with E-state index >= 15 is 0 Å². The van der Waals surface area contributed by atoms with E-state index in [1.807, 2.05) is 0 Å². The molecular formula is C18H17ClF3N3O3. The van der Waals surface area contributed by atoms with Crippen molar-refractivity contribution in [2.45, 2.75) is 13.1 Å². The first kappa shape index (κ1) is 21.5. The van der Waals surface area contributed by atoms with Crippen molar-refractivity contribution in [3.8, 4) is 5.88 Å². The summed E-state index contributed by atoms with van der Waals surface area (Å²) in [5.41, 5.74) is -0.773. The number of benzene rings is 1. The van der Waals surface area contributed by atoms with Gasteiger partial charge >= 0.3 is 6.18 Å². The van der Waals surface area contributed by atoms with Crippen molar-refractivity contribution in [3.63, 3.8) is 0 Å². The highest BCUT2D eigenvalue weighted by Crippen LogP contribution is 2.29. The Bertz CT molecular complexity index is 842. The van der Waals surface area contributed by atoms with Gasteiger partial charge in [-0.15, -0.1) is 0 Å². The molecule has 1 aromatic carbocycles. The van der Waals surface area contributed by atoms with E-state index in [9.17, 15) is 22.8 Å². The zero-order chi connectivity index (χ0) is 20.7. The summed E-state index contributed by atoms with van der Waals surface area (Å²) in [5.74, 6) is -0.847. The Morgan fingerprint density at radius 2 is 1.64 bits per heavy atom. The van der Waals surface area contributed by atoms with Gasteiger partial charge in [0.2, 0.25) is 5.88 Å². The fraction of sp³-hybridized carbons (Fsp3) is 0.278. The van der Waals surface area contributed by atoms with E-state index in [1.165, 1.54) is 12.1 Å². The fourth-order valence-electron chi connectivity index (χ4n) is 2.16. The normalized spacial score (nSPS) is 11.0. The van der Waals surface area contributed by atoms with E-state index in [1.54, 1.807) is 6.92 Å². The number of ether oxygens (including phenoxy) is 1. The van der Waals surface area contributed by atoms with Crippen LogP contribution in [0.5, 0.6) is 5.88 Å². The van der Waals surface area contributed by atoms with Crippen LogP contribution in [0.1, 0.15) is 33.3 Å². The van der Waals surface area contributed by atoms with Crippen LogP contribution >= 0.6 is 11.6 Å². The van der Waals surface area contributed by atoms with Crippen LogP contribution < -0.4 is 15.4 Å². The highest BCUT2D eigenvalue weighted by atomic mass is 35.5. The van der Waals surface area contributed by atoms with Crippen molar-refractivity contribution in [2.24, 2.45) is 0 Å². The molecule has 0 bridgehead atoms. The average Bonchev–Trinajstić information content (AvgIpc) is 2.66. The zero-order valence-corrected chi connectivity index (χ0v) is 15.5. The van der Waals surface area contributed by atoms with Gasteiger partial charge in [-0.3, -0.25) is 9.59 Å². The molecule has 0 unspecified atom stereocenters. The van der Waals surface area contributed by atoms with Gasteiger partial charge in [0.1, 0.15) is 0 Å². The number of hydrogen-bond acceptors (Lipinski definition) is 4. The van der Waals surface area contributed by atoms with Crippen molar-refractivity contribution in [2.75, 3.05) is 19.7 Å². The van der Waals surface area contributed by atoms with Gasteiger partial charge in [-0.05, 0) is 37.3 Å². The third-order valence-corrected chi connectivity index (χ3v) is 3.80. The Labute approximate surface area is 164 Å². The lowest BCUT2D eigenvalue weighted by Crippen LogP contribution is -2.35. The summed E-state index contributed by atoms with van der Waals surface area (Å²) in [6.45, 7) is 2.29. The standard InChI is InChI=1S/C18H17ClF3N3O3/c1-2-28-14-8-7-13(19)15(25-14)17(27)24-10-9-23-16(26)11-3-5-12(6-4-11)18(20,21)22/h3-8H,2,9-10H2,1H3,(H,23,26)(H,24,27). The molecule has 2 N–H and O–H groups in total. The molecule has 0 saturated heterocycles. The Balaban J connectivity index is 1.84. The van der Waals surface area contributed by atoms with Crippen LogP contribution in [0.2, 0.25) is 5.02 Å². The number of alkyl halides is 3. The van der Waals surface area contributed by atoms with Crippen LogP contribution in [-0.2, 0) is 6.18 Å². The van der Waals surface area contributed by atoms with E-state index < -0.39 is 23.6 Å². The van der Waals surface area contributed by atoms with E-state index in [2.05, 4.69) is 15.6 Å². The monoisotopic (exact) mass is 415 g/mol. The summed E-state index contributed by atoms with van der Waals surface area (Å²) in [7, 11) is 0. The van der Waals surface area contributed by atoms with Crippen LogP contribution in [0.4, 0.5) is 13.2 Å². The Morgan fingerprint density at radius 1 is 1.04 bits per heavy atom. The summed E-state index contributed by atoms with van der Waals surface area (Å²) in [6.07, 6.45) is -4.46. The minimum atomic E-state index is -4.46. The number of aromatic nitrogens is 1. The second kappa shape index (κ2) is 9.41. The average molecular weight is 416 g/mol. The summed E-state index contributed by atoms with van der Waals surface area (Å²) >= 11 is 5.95. The molecule has 28 heavy (non-hydrogen) atoms. The highest BCUT2D eigenvalue weighted by molar-refractivity contribution is 6.33. The maximum atomic E-state index is 12.5. The second-order valence-corrected chi connectivity index (χ2v) is 5.91. The number of rotatable bonds is 7. The van der Waals surface area contributed by atoms with E-state index in [0.29, 0.717) is 6.61 Å². The highest BCUT2D eigenvalue weighted by Gasteiger charge is 2.30. The number of hydrogen-bond donors (Lipinski definition) is 2. The Hall–Kier alpha value is -2.81. The summed E-state index contributed by atoms with van der Waals surface area (Å²) in [6, 6.07) is 6.85. The molecule has 1 aromatic heterocycles. The molecule has 10 heteroatoms. The second-order valence-electron chi connectivity index (χ2n) is 5.50. The molecule has 6 nitrogen and oxygen atoms in total. The maximum absolute atomic E-state index is 12.5. The summed E-state index contributed by atoms with van der Waals surface area (Å²) in [4.78, 5) is 28.1. The lowest BCUT2D eigenvalue weighted by molar-refractivity contribution is -0.137.